The summed E-state index contributed by atoms with van der Waals surface area (Å²) < 4.78 is 0. The highest BCUT2D eigenvalue weighted by Gasteiger charge is 2.30. The summed E-state index contributed by atoms with van der Waals surface area (Å²) in [6.07, 6.45) is 3.90. The number of hydrogen-bond acceptors (Lipinski definition) is 4. The maximum absolute atomic E-state index is 12.5. The molecule has 1 heterocycles. The Hall–Kier alpha value is -1.63. The van der Waals surface area contributed by atoms with E-state index in [9.17, 15) is 9.59 Å². The van der Waals surface area contributed by atoms with Crippen molar-refractivity contribution in [3.8, 4) is 0 Å². The second-order valence-corrected chi connectivity index (χ2v) is 6.52. The fraction of sp³-hybridized carbons (Fsp3) is 0.643. The van der Waals surface area contributed by atoms with Crippen molar-refractivity contribution in [2.75, 3.05) is 13.6 Å². The quantitative estimate of drug-likeness (QED) is 0.905. The second kappa shape index (κ2) is 6.89. The molecule has 1 fully saturated rings. The minimum Gasteiger partial charge on any atom is -0.480 e. The van der Waals surface area contributed by atoms with E-state index in [1.165, 1.54) is 4.90 Å². The number of thiazole rings is 1. The van der Waals surface area contributed by atoms with E-state index in [1.807, 2.05) is 12.3 Å². The first-order valence-corrected chi connectivity index (χ1v) is 8.00. The maximum Gasteiger partial charge on any atom is 0.323 e. The Morgan fingerprint density at radius 1 is 1.43 bits per heavy atom. The molecule has 0 spiro atoms. The van der Waals surface area contributed by atoms with Crippen LogP contribution in [0.2, 0.25) is 0 Å². The zero-order chi connectivity index (χ0) is 15.4. The molecule has 1 N–H and O–H groups in total. The molecule has 1 aromatic heterocycles. The van der Waals surface area contributed by atoms with E-state index in [1.54, 1.807) is 23.3 Å². The van der Waals surface area contributed by atoms with Crippen molar-refractivity contribution in [2.24, 2.45) is 0 Å². The summed E-state index contributed by atoms with van der Waals surface area (Å²) in [5.74, 6) is -0.965. The van der Waals surface area contributed by atoms with Gasteiger partial charge in [-0.15, -0.1) is 11.3 Å². The largest absolute Gasteiger partial charge is 0.480 e. The van der Waals surface area contributed by atoms with Gasteiger partial charge in [0.2, 0.25) is 0 Å². The Labute approximate surface area is 128 Å². The fourth-order valence-electron chi connectivity index (χ4n) is 2.73. The molecule has 0 aromatic carbocycles. The summed E-state index contributed by atoms with van der Waals surface area (Å²) in [5.41, 5.74) is 0.843. The van der Waals surface area contributed by atoms with Gasteiger partial charge in [0, 0.05) is 18.5 Å². The van der Waals surface area contributed by atoms with Gasteiger partial charge in [0.1, 0.15) is 6.54 Å². The lowest BCUT2D eigenvalue weighted by molar-refractivity contribution is -0.138. The van der Waals surface area contributed by atoms with Gasteiger partial charge in [0.25, 0.3) is 0 Å². The van der Waals surface area contributed by atoms with Gasteiger partial charge in [0.15, 0.2) is 0 Å². The van der Waals surface area contributed by atoms with Gasteiger partial charge in [-0.2, -0.15) is 0 Å². The highest BCUT2D eigenvalue weighted by molar-refractivity contribution is 7.09. The third-order valence-corrected chi connectivity index (χ3v) is 4.53. The molecule has 0 atom stereocenters. The smallest absolute Gasteiger partial charge is 0.323 e. The number of amides is 2. The number of hydrogen-bond donors (Lipinski definition) is 1. The van der Waals surface area contributed by atoms with Crippen molar-refractivity contribution in [1.29, 1.82) is 0 Å². The predicted molar refractivity (Wildman–Crippen MR) is 80.3 cm³/mol. The Kier molecular flexibility index (Phi) is 5.17. The molecule has 0 saturated heterocycles. The number of carbonyl (C=O) groups is 2. The summed E-state index contributed by atoms with van der Waals surface area (Å²) in [6.45, 7) is 2.10. The predicted octanol–water partition coefficient (Wildman–Crippen LogP) is 2.33. The lowest BCUT2D eigenvalue weighted by Gasteiger charge is -2.31. The summed E-state index contributed by atoms with van der Waals surface area (Å²) in [7, 11) is 1.70. The minimum atomic E-state index is -0.965. The van der Waals surface area contributed by atoms with Crippen LogP contribution in [0.25, 0.3) is 0 Å². The molecule has 21 heavy (non-hydrogen) atoms. The van der Waals surface area contributed by atoms with Crippen LogP contribution in [-0.2, 0) is 11.3 Å². The number of rotatable bonds is 5. The first-order chi connectivity index (χ1) is 9.97. The Bertz CT molecular complexity index is 511. The molecule has 0 unspecified atom stereocenters. The monoisotopic (exact) mass is 311 g/mol. The van der Waals surface area contributed by atoms with Crippen molar-refractivity contribution >= 4 is 23.3 Å². The first kappa shape index (κ1) is 15.8. The standard InChI is InChI=1S/C14H21N3O3S/c1-10-15-11(9-21-10)7-16(2)14(20)17(8-13(18)19)12-5-3-4-6-12/h9,12H,3-8H2,1-2H3,(H,18,19). The van der Waals surface area contributed by atoms with Gasteiger partial charge in [-0.25, -0.2) is 9.78 Å². The molecule has 1 aromatic rings. The number of carboxylic acids is 1. The molecule has 0 aliphatic heterocycles. The first-order valence-electron chi connectivity index (χ1n) is 7.12. The van der Waals surface area contributed by atoms with E-state index in [0.29, 0.717) is 6.54 Å². The summed E-state index contributed by atoms with van der Waals surface area (Å²) >= 11 is 1.55. The maximum atomic E-state index is 12.5. The van der Waals surface area contributed by atoms with Gasteiger partial charge in [-0.1, -0.05) is 12.8 Å². The molecule has 116 valence electrons. The number of aliphatic carboxylic acids is 1. The Morgan fingerprint density at radius 3 is 2.62 bits per heavy atom. The van der Waals surface area contributed by atoms with Crippen LogP contribution >= 0.6 is 11.3 Å². The van der Waals surface area contributed by atoms with E-state index in [2.05, 4.69) is 4.98 Å². The molecule has 7 heteroatoms. The van der Waals surface area contributed by atoms with Crippen molar-refractivity contribution in [1.82, 2.24) is 14.8 Å². The molecule has 2 rings (SSSR count). The normalized spacial score (nSPS) is 15.1. The molecule has 1 aliphatic carbocycles. The van der Waals surface area contributed by atoms with Gasteiger partial charge >= 0.3 is 12.0 Å². The van der Waals surface area contributed by atoms with E-state index in [-0.39, 0.29) is 18.6 Å². The number of carboxylic acid groups (broad SMARTS) is 1. The van der Waals surface area contributed by atoms with Crippen LogP contribution < -0.4 is 0 Å². The van der Waals surface area contributed by atoms with E-state index in [4.69, 9.17) is 5.11 Å². The van der Waals surface area contributed by atoms with E-state index < -0.39 is 5.97 Å². The van der Waals surface area contributed by atoms with Gasteiger partial charge in [-0.3, -0.25) is 4.79 Å². The van der Waals surface area contributed by atoms with Crippen molar-refractivity contribution in [2.45, 2.75) is 45.2 Å². The average Bonchev–Trinajstić information content (AvgIpc) is 3.06. The second-order valence-electron chi connectivity index (χ2n) is 5.46. The third-order valence-electron chi connectivity index (χ3n) is 3.71. The zero-order valence-corrected chi connectivity index (χ0v) is 13.2. The van der Waals surface area contributed by atoms with Crippen molar-refractivity contribution in [3.63, 3.8) is 0 Å². The van der Waals surface area contributed by atoms with Crippen LogP contribution in [-0.4, -0.2) is 51.5 Å². The zero-order valence-electron chi connectivity index (χ0n) is 12.4. The highest BCUT2D eigenvalue weighted by atomic mass is 32.1. The molecule has 0 bridgehead atoms. The van der Waals surface area contributed by atoms with E-state index in [0.717, 1.165) is 36.4 Å². The number of aromatic nitrogens is 1. The summed E-state index contributed by atoms with van der Waals surface area (Å²) in [6, 6.07) is -0.178. The van der Waals surface area contributed by atoms with Crippen LogP contribution in [0.4, 0.5) is 4.79 Å². The highest BCUT2D eigenvalue weighted by Crippen LogP contribution is 2.24. The van der Waals surface area contributed by atoms with Crippen LogP contribution in [0.15, 0.2) is 5.38 Å². The topological polar surface area (TPSA) is 73.7 Å². The molecule has 6 nitrogen and oxygen atoms in total. The Morgan fingerprint density at radius 2 is 2.10 bits per heavy atom. The average molecular weight is 311 g/mol. The molecular weight excluding hydrogens is 290 g/mol. The van der Waals surface area contributed by atoms with Crippen LogP contribution in [0.5, 0.6) is 0 Å². The third kappa shape index (κ3) is 4.17. The molecule has 1 aliphatic rings. The van der Waals surface area contributed by atoms with Gasteiger partial charge in [0.05, 0.1) is 17.2 Å². The van der Waals surface area contributed by atoms with Gasteiger partial charge < -0.3 is 14.9 Å². The lowest BCUT2D eigenvalue weighted by atomic mass is 10.2. The van der Waals surface area contributed by atoms with Crippen LogP contribution in [0.1, 0.15) is 36.4 Å². The molecule has 1 saturated carbocycles. The number of aryl methyl sites for hydroxylation is 1. The molecular formula is C14H21N3O3S. The van der Waals surface area contributed by atoms with Crippen molar-refractivity contribution in [3.05, 3.63) is 16.1 Å². The number of nitrogens with zero attached hydrogens (tertiary/aromatic N) is 3. The summed E-state index contributed by atoms with van der Waals surface area (Å²) in [4.78, 5) is 31.0. The van der Waals surface area contributed by atoms with E-state index >= 15 is 0 Å². The minimum absolute atomic E-state index is 0.0493. The van der Waals surface area contributed by atoms with Crippen molar-refractivity contribution < 1.29 is 14.7 Å². The number of urea groups is 1. The SMILES string of the molecule is Cc1nc(CN(C)C(=O)N(CC(=O)O)C2CCCC2)cs1. The Balaban J connectivity index is 2.03. The summed E-state index contributed by atoms with van der Waals surface area (Å²) in [5, 5.41) is 11.9. The van der Waals surface area contributed by atoms with Crippen LogP contribution in [0.3, 0.4) is 0 Å². The van der Waals surface area contributed by atoms with Crippen LogP contribution in [0, 0.1) is 6.92 Å². The number of carbonyl (C=O) groups excluding carboxylic acids is 1. The lowest BCUT2D eigenvalue weighted by Crippen LogP contribution is -2.48. The molecule has 2 amide bonds. The molecule has 0 radical (unpaired) electrons. The fourth-order valence-corrected chi connectivity index (χ4v) is 3.33. The van der Waals surface area contributed by atoms with Gasteiger partial charge in [-0.05, 0) is 19.8 Å².